The monoisotopic (exact) mass is 402 g/mol. The number of nitrogens with zero attached hydrogens (tertiary/aromatic N) is 4. The van der Waals surface area contributed by atoms with Gasteiger partial charge in [-0.25, -0.2) is 9.59 Å². The van der Waals surface area contributed by atoms with Gasteiger partial charge in [0.05, 0.1) is 5.69 Å². The summed E-state index contributed by atoms with van der Waals surface area (Å²) >= 11 is 0. The smallest absolute Gasteiger partial charge is 0.407 e. The Labute approximate surface area is 172 Å². The molecule has 7 nitrogen and oxygen atoms in total. The van der Waals surface area contributed by atoms with Gasteiger partial charge in [0.15, 0.2) is 0 Å². The molecule has 7 heteroatoms. The fourth-order valence-electron chi connectivity index (χ4n) is 4.87. The Balaban J connectivity index is 1.69. The molecule has 0 unspecified atom stereocenters. The van der Waals surface area contributed by atoms with Gasteiger partial charge in [-0.3, -0.25) is 9.13 Å². The van der Waals surface area contributed by atoms with E-state index in [1.165, 1.54) is 4.90 Å². The predicted molar refractivity (Wildman–Crippen MR) is 115 cm³/mol. The molecule has 0 spiro atoms. The normalized spacial score (nSPS) is 19.9. The second-order valence-corrected chi connectivity index (χ2v) is 8.14. The lowest BCUT2D eigenvalue weighted by atomic mass is 9.97. The van der Waals surface area contributed by atoms with Crippen LogP contribution in [-0.4, -0.2) is 62.4 Å². The second-order valence-electron chi connectivity index (χ2n) is 8.14. The molecule has 0 aromatic carbocycles. The van der Waals surface area contributed by atoms with Crippen molar-refractivity contribution in [2.45, 2.75) is 64.6 Å². The Morgan fingerprint density at radius 2 is 1.76 bits per heavy atom. The number of hydrogen-bond acceptors (Lipinski definition) is 3. The molecule has 2 saturated heterocycles. The van der Waals surface area contributed by atoms with E-state index in [0.29, 0.717) is 19.1 Å². The van der Waals surface area contributed by atoms with Crippen LogP contribution in [0.3, 0.4) is 0 Å². The van der Waals surface area contributed by atoms with Crippen LogP contribution < -0.4 is 5.69 Å². The topological polar surface area (TPSA) is 70.7 Å². The highest BCUT2D eigenvalue weighted by Gasteiger charge is 2.31. The van der Waals surface area contributed by atoms with Crippen molar-refractivity contribution in [3.63, 3.8) is 0 Å². The molecule has 0 saturated carbocycles. The number of likely N-dealkylation sites (tertiary alicyclic amines) is 2. The molecule has 3 heterocycles. The van der Waals surface area contributed by atoms with E-state index >= 15 is 0 Å². The summed E-state index contributed by atoms with van der Waals surface area (Å²) in [4.78, 5) is 28.3. The molecule has 1 aromatic rings. The van der Waals surface area contributed by atoms with Crippen molar-refractivity contribution in [3.05, 3.63) is 40.6 Å². The van der Waals surface area contributed by atoms with Crippen molar-refractivity contribution in [1.29, 1.82) is 0 Å². The number of piperidine rings is 2. The van der Waals surface area contributed by atoms with Gasteiger partial charge in [-0.15, -0.1) is 0 Å². The molecule has 2 aliphatic rings. The van der Waals surface area contributed by atoms with Crippen LogP contribution in [0.2, 0.25) is 0 Å². The van der Waals surface area contributed by atoms with Gasteiger partial charge in [-0.05, 0) is 45.1 Å². The first-order valence-electron chi connectivity index (χ1n) is 10.8. The molecule has 2 fully saturated rings. The molecule has 29 heavy (non-hydrogen) atoms. The average molecular weight is 403 g/mol. The number of aromatic nitrogens is 2. The zero-order chi connectivity index (χ0) is 21.0. The van der Waals surface area contributed by atoms with E-state index in [0.717, 1.165) is 63.1 Å². The lowest BCUT2D eigenvalue weighted by molar-refractivity contribution is 0.0745. The SMILES string of the molecule is C=C/C=C\c1c(C)n(C2CCN(C3CCN(C(=O)O)CC3)CC2)c(=O)n1CCC. The van der Waals surface area contributed by atoms with Gasteiger partial charge in [0.25, 0.3) is 0 Å². The first-order valence-corrected chi connectivity index (χ1v) is 10.8. The van der Waals surface area contributed by atoms with Gasteiger partial charge < -0.3 is 14.9 Å². The summed E-state index contributed by atoms with van der Waals surface area (Å²) in [5.74, 6) is 0. The maximum Gasteiger partial charge on any atom is 0.407 e. The van der Waals surface area contributed by atoms with Gasteiger partial charge in [0, 0.05) is 50.5 Å². The summed E-state index contributed by atoms with van der Waals surface area (Å²) in [5.41, 5.74) is 2.12. The van der Waals surface area contributed by atoms with E-state index in [1.807, 2.05) is 28.2 Å². The number of carboxylic acid groups (broad SMARTS) is 1. The Kier molecular flexibility index (Phi) is 7.00. The molecule has 0 aliphatic carbocycles. The molecule has 1 N–H and O–H groups in total. The van der Waals surface area contributed by atoms with Crippen molar-refractivity contribution in [2.24, 2.45) is 0 Å². The van der Waals surface area contributed by atoms with Crippen molar-refractivity contribution in [2.75, 3.05) is 26.2 Å². The first kappa shape index (κ1) is 21.4. The molecular weight excluding hydrogens is 368 g/mol. The maximum absolute atomic E-state index is 13.1. The number of amides is 1. The van der Waals surface area contributed by atoms with Crippen LogP contribution in [0, 0.1) is 6.92 Å². The lowest BCUT2D eigenvalue weighted by Crippen LogP contribution is -2.49. The van der Waals surface area contributed by atoms with Gasteiger partial charge in [0.1, 0.15) is 0 Å². The Morgan fingerprint density at radius 3 is 2.31 bits per heavy atom. The molecule has 160 valence electrons. The zero-order valence-electron chi connectivity index (χ0n) is 17.7. The second kappa shape index (κ2) is 9.48. The molecule has 0 radical (unpaired) electrons. The van der Waals surface area contributed by atoms with Gasteiger partial charge in [-0.1, -0.05) is 25.7 Å². The summed E-state index contributed by atoms with van der Waals surface area (Å²) in [5, 5.41) is 9.13. The summed E-state index contributed by atoms with van der Waals surface area (Å²) < 4.78 is 3.89. The summed E-state index contributed by atoms with van der Waals surface area (Å²) in [6.07, 6.45) is 9.46. The number of hydrogen-bond donors (Lipinski definition) is 1. The Morgan fingerprint density at radius 1 is 1.14 bits per heavy atom. The average Bonchev–Trinajstić information content (AvgIpc) is 2.96. The zero-order valence-corrected chi connectivity index (χ0v) is 17.7. The number of allylic oxidation sites excluding steroid dienone is 2. The van der Waals surface area contributed by atoms with Crippen LogP contribution in [-0.2, 0) is 6.54 Å². The van der Waals surface area contributed by atoms with E-state index in [-0.39, 0.29) is 11.7 Å². The van der Waals surface area contributed by atoms with Crippen molar-refractivity contribution < 1.29 is 9.90 Å². The minimum absolute atomic E-state index is 0.0984. The van der Waals surface area contributed by atoms with Crippen molar-refractivity contribution in [3.8, 4) is 0 Å². The number of imidazole rings is 1. The maximum atomic E-state index is 13.1. The van der Waals surface area contributed by atoms with E-state index in [1.54, 1.807) is 6.08 Å². The molecular formula is C22H34N4O3. The van der Waals surface area contributed by atoms with E-state index in [9.17, 15) is 9.59 Å². The highest BCUT2D eigenvalue weighted by atomic mass is 16.4. The molecule has 0 atom stereocenters. The lowest BCUT2D eigenvalue weighted by Gasteiger charge is -2.41. The van der Waals surface area contributed by atoms with Gasteiger partial charge in [-0.2, -0.15) is 0 Å². The van der Waals surface area contributed by atoms with E-state index in [2.05, 4.69) is 18.4 Å². The van der Waals surface area contributed by atoms with Gasteiger partial charge >= 0.3 is 11.8 Å². The van der Waals surface area contributed by atoms with Crippen LogP contribution in [0.1, 0.15) is 56.5 Å². The standard InChI is InChI=1S/C22H34N4O3/c1-4-6-7-20-17(3)26(21(27)25(20)12-5-2)19-10-13-23(14-11-19)18-8-15-24(16-9-18)22(28)29/h4,6-7,18-19H,1,5,8-16H2,2-3H3,(H,28,29)/b7-6-. The fraction of sp³-hybridized carbons (Fsp3) is 0.636. The largest absolute Gasteiger partial charge is 0.465 e. The molecule has 1 aromatic heterocycles. The Bertz CT molecular complexity index is 807. The van der Waals surface area contributed by atoms with Crippen molar-refractivity contribution >= 4 is 12.2 Å². The quantitative estimate of drug-likeness (QED) is 0.741. The van der Waals surface area contributed by atoms with E-state index in [4.69, 9.17) is 5.11 Å². The minimum Gasteiger partial charge on any atom is -0.465 e. The summed E-state index contributed by atoms with van der Waals surface area (Å²) in [7, 11) is 0. The van der Waals surface area contributed by atoms with Crippen LogP contribution in [0.5, 0.6) is 0 Å². The number of carbonyl (C=O) groups is 1. The number of rotatable bonds is 6. The van der Waals surface area contributed by atoms with Crippen LogP contribution >= 0.6 is 0 Å². The third kappa shape index (κ3) is 4.50. The fourth-order valence-corrected chi connectivity index (χ4v) is 4.87. The third-order valence-corrected chi connectivity index (χ3v) is 6.41. The third-order valence-electron chi connectivity index (χ3n) is 6.41. The van der Waals surface area contributed by atoms with Crippen LogP contribution in [0.25, 0.3) is 6.08 Å². The van der Waals surface area contributed by atoms with Crippen LogP contribution in [0.15, 0.2) is 23.5 Å². The molecule has 2 aliphatic heterocycles. The Hall–Kier alpha value is -2.28. The summed E-state index contributed by atoms with van der Waals surface area (Å²) in [6, 6.07) is 0.687. The highest BCUT2D eigenvalue weighted by molar-refractivity contribution is 5.65. The van der Waals surface area contributed by atoms with Crippen molar-refractivity contribution in [1.82, 2.24) is 18.9 Å². The van der Waals surface area contributed by atoms with Crippen LogP contribution in [0.4, 0.5) is 4.79 Å². The van der Waals surface area contributed by atoms with E-state index < -0.39 is 6.09 Å². The summed E-state index contributed by atoms with van der Waals surface area (Å²) in [6.45, 7) is 11.8. The molecule has 0 bridgehead atoms. The first-order chi connectivity index (χ1) is 14.0. The molecule has 3 rings (SSSR count). The van der Waals surface area contributed by atoms with Gasteiger partial charge in [0.2, 0.25) is 0 Å². The highest BCUT2D eigenvalue weighted by Crippen LogP contribution is 2.28. The minimum atomic E-state index is -0.810. The predicted octanol–water partition coefficient (Wildman–Crippen LogP) is 3.35. The molecule has 1 amide bonds.